The van der Waals surface area contributed by atoms with E-state index in [1.54, 1.807) is 35.5 Å². The zero-order valence-corrected chi connectivity index (χ0v) is 20.6. The normalized spacial score (nSPS) is 13.5. The Morgan fingerprint density at radius 1 is 1.17 bits per heavy atom. The zero-order chi connectivity index (χ0) is 25.1. The van der Waals surface area contributed by atoms with E-state index in [1.807, 2.05) is 25.1 Å². The fourth-order valence-electron chi connectivity index (χ4n) is 4.17. The van der Waals surface area contributed by atoms with E-state index < -0.39 is 0 Å². The number of hydrogen-bond donors (Lipinski definition) is 3. The van der Waals surface area contributed by atoms with Crippen molar-refractivity contribution in [3.05, 3.63) is 76.0 Å². The Balaban J connectivity index is 1.48. The van der Waals surface area contributed by atoms with Gasteiger partial charge in [-0.2, -0.15) is 0 Å². The molecule has 0 atom stereocenters. The fourth-order valence-corrected chi connectivity index (χ4v) is 4.34. The third-order valence-electron chi connectivity index (χ3n) is 6.09. The van der Waals surface area contributed by atoms with Crippen molar-refractivity contribution in [2.24, 2.45) is 0 Å². The third kappa shape index (κ3) is 5.54. The van der Waals surface area contributed by atoms with Crippen LogP contribution in [0, 0.1) is 6.92 Å². The van der Waals surface area contributed by atoms with E-state index in [-0.39, 0.29) is 35.0 Å². The van der Waals surface area contributed by atoms with Crippen LogP contribution in [0.25, 0.3) is 11.1 Å². The van der Waals surface area contributed by atoms with Crippen LogP contribution in [0.1, 0.15) is 41.4 Å². The molecule has 0 spiro atoms. The Morgan fingerprint density at radius 3 is 2.63 bits per heavy atom. The molecule has 8 nitrogen and oxygen atoms in total. The smallest absolute Gasteiger partial charge is 0.274 e. The molecule has 35 heavy (non-hydrogen) atoms. The van der Waals surface area contributed by atoms with Crippen LogP contribution in [0.5, 0.6) is 0 Å². The first-order chi connectivity index (χ1) is 16.7. The monoisotopic (exact) mass is 493 g/mol. The lowest BCUT2D eigenvalue weighted by molar-refractivity contribution is -0.132. The van der Waals surface area contributed by atoms with Gasteiger partial charge in [0.05, 0.1) is 6.04 Å². The van der Waals surface area contributed by atoms with E-state index in [2.05, 4.69) is 34.4 Å². The number of H-pyrrole nitrogens is 1. The summed E-state index contributed by atoms with van der Waals surface area (Å²) in [5.74, 6) is -0.0825. The van der Waals surface area contributed by atoms with Crippen LogP contribution in [0.15, 0.2) is 53.6 Å². The first kappa shape index (κ1) is 24.5. The molecule has 0 bridgehead atoms. The van der Waals surface area contributed by atoms with E-state index in [0.717, 1.165) is 16.7 Å². The maximum Gasteiger partial charge on any atom is 0.274 e. The topological polar surface area (TPSA) is 107 Å². The van der Waals surface area contributed by atoms with E-state index in [0.29, 0.717) is 30.4 Å². The van der Waals surface area contributed by atoms with E-state index >= 15 is 0 Å². The van der Waals surface area contributed by atoms with Gasteiger partial charge < -0.3 is 20.5 Å². The second-order valence-electron chi connectivity index (χ2n) is 9.01. The molecule has 2 aromatic heterocycles. The van der Waals surface area contributed by atoms with Gasteiger partial charge in [-0.1, -0.05) is 19.9 Å². The summed E-state index contributed by atoms with van der Waals surface area (Å²) >= 11 is 5.59. The van der Waals surface area contributed by atoms with E-state index in [4.69, 9.17) is 11.6 Å². The molecular formula is C26H28ClN5O3. The second kappa shape index (κ2) is 10.3. The lowest BCUT2D eigenvalue weighted by Gasteiger charge is -2.39. The Kier molecular flexibility index (Phi) is 7.21. The number of benzene rings is 1. The van der Waals surface area contributed by atoms with Gasteiger partial charge in [-0.15, -0.1) is 11.6 Å². The molecule has 2 amide bonds. The maximum absolute atomic E-state index is 12.9. The SMILES string of the molecule is Cc1cc(NC(=O)c2cc(-c3c[nH]c(=O)c(NC4CN(C(=O)CCl)C4)c3)ccn2)ccc1C(C)C. The Bertz CT molecular complexity index is 1310. The van der Waals surface area contributed by atoms with Gasteiger partial charge in [0.25, 0.3) is 11.5 Å². The van der Waals surface area contributed by atoms with Gasteiger partial charge in [0.2, 0.25) is 5.91 Å². The number of aryl methyl sites for hydroxylation is 1. The third-order valence-corrected chi connectivity index (χ3v) is 6.32. The van der Waals surface area contributed by atoms with Crippen molar-refractivity contribution in [2.45, 2.75) is 32.7 Å². The number of carbonyl (C=O) groups excluding carboxylic acids is 2. The average molecular weight is 494 g/mol. The summed E-state index contributed by atoms with van der Waals surface area (Å²) in [5.41, 5.74) is 4.94. The Labute approximate surface area is 208 Å². The van der Waals surface area contributed by atoms with Crippen LogP contribution in [-0.2, 0) is 4.79 Å². The Morgan fingerprint density at radius 2 is 1.94 bits per heavy atom. The predicted octanol–water partition coefficient (Wildman–Crippen LogP) is 3.98. The minimum absolute atomic E-state index is 0.0252. The number of rotatable bonds is 7. The number of pyridine rings is 2. The average Bonchev–Trinajstić information content (AvgIpc) is 2.81. The van der Waals surface area contributed by atoms with E-state index in [9.17, 15) is 14.4 Å². The number of hydrogen-bond acceptors (Lipinski definition) is 5. The molecule has 9 heteroatoms. The molecule has 1 saturated heterocycles. The number of nitrogens with zero attached hydrogens (tertiary/aromatic N) is 2. The number of nitrogens with one attached hydrogen (secondary N) is 3. The molecule has 4 rings (SSSR count). The number of anilines is 2. The lowest BCUT2D eigenvalue weighted by Crippen LogP contribution is -2.57. The summed E-state index contributed by atoms with van der Waals surface area (Å²) in [6.07, 6.45) is 3.17. The molecular weight excluding hydrogens is 466 g/mol. The number of halogens is 1. The minimum Gasteiger partial charge on any atom is -0.374 e. The van der Waals surface area contributed by atoms with Crippen molar-refractivity contribution in [3.8, 4) is 11.1 Å². The quantitative estimate of drug-likeness (QED) is 0.431. The van der Waals surface area contributed by atoms with Crippen LogP contribution in [-0.4, -0.2) is 51.7 Å². The van der Waals surface area contributed by atoms with Crippen molar-refractivity contribution in [1.82, 2.24) is 14.9 Å². The number of amides is 2. The molecule has 3 aromatic rings. The molecule has 1 aliphatic heterocycles. The van der Waals surface area contributed by atoms with E-state index in [1.165, 1.54) is 5.56 Å². The lowest BCUT2D eigenvalue weighted by atomic mass is 9.97. The van der Waals surface area contributed by atoms with Crippen molar-refractivity contribution in [3.63, 3.8) is 0 Å². The molecule has 1 aromatic carbocycles. The largest absolute Gasteiger partial charge is 0.374 e. The molecule has 1 fully saturated rings. The van der Waals surface area contributed by atoms with Crippen LogP contribution in [0.3, 0.4) is 0 Å². The molecule has 1 aliphatic rings. The van der Waals surface area contributed by atoms with Crippen molar-refractivity contribution < 1.29 is 9.59 Å². The van der Waals surface area contributed by atoms with Gasteiger partial charge in [-0.05, 0) is 59.9 Å². The number of alkyl halides is 1. The first-order valence-corrected chi connectivity index (χ1v) is 12.0. The van der Waals surface area contributed by atoms with Crippen LogP contribution < -0.4 is 16.2 Å². The van der Waals surface area contributed by atoms with Gasteiger partial charge in [0, 0.05) is 36.7 Å². The van der Waals surface area contributed by atoms with Crippen LogP contribution >= 0.6 is 11.6 Å². The summed E-state index contributed by atoms with van der Waals surface area (Å²) < 4.78 is 0. The van der Waals surface area contributed by atoms with Crippen LogP contribution in [0.4, 0.5) is 11.4 Å². The molecule has 3 N–H and O–H groups in total. The summed E-state index contributed by atoms with van der Waals surface area (Å²) in [7, 11) is 0. The fraction of sp³-hybridized carbons (Fsp3) is 0.308. The molecule has 182 valence electrons. The zero-order valence-electron chi connectivity index (χ0n) is 19.9. The second-order valence-corrected chi connectivity index (χ2v) is 9.28. The number of aromatic nitrogens is 2. The molecule has 0 unspecified atom stereocenters. The highest BCUT2D eigenvalue weighted by Gasteiger charge is 2.30. The van der Waals surface area contributed by atoms with Gasteiger partial charge in [0.15, 0.2) is 0 Å². The number of aromatic amines is 1. The van der Waals surface area contributed by atoms with Crippen LogP contribution in [0.2, 0.25) is 0 Å². The molecule has 3 heterocycles. The van der Waals surface area contributed by atoms with Gasteiger partial charge in [0.1, 0.15) is 17.3 Å². The predicted molar refractivity (Wildman–Crippen MR) is 138 cm³/mol. The van der Waals surface area contributed by atoms with Gasteiger partial charge >= 0.3 is 0 Å². The number of likely N-dealkylation sites (tertiary alicyclic amines) is 1. The van der Waals surface area contributed by atoms with Gasteiger partial charge in [-0.25, -0.2) is 0 Å². The molecule has 0 saturated carbocycles. The molecule has 0 aliphatic carbocycles. The summed E-state index contributed by atoms with van der Waals surface area (Å²) in [6.45, 7) is 7.29. The highest BCUT2D eigenvalue weighted by molar-refractivity contribution is 6.27. The standard InChI is InChI=1S/C26H28ClN5O3/c1-15(2)21-5-4-19(8-16(21)3)31-26(35)22-9-17(6-7-28-22)18-10-23(25(34)29-12-18)30-20-13-32(14-20)24(33)11-27/h4-10,12,15,20,30H,11,13-14H2,1-3H3,(H,29,34)(H,31,35). The summed E-state index contributed by atoms with van der Waals surface area (Å²) in [6, 6.07) is 11.1. The maximum atomic E-state index is 12.9. The van der Waals surface area contributed by atoms with Crippen molar-refractivity contribution in [2.75, 3.05) is 29.6 Å². The van der Waals surface area contributed by atoms with Crippen molar-refractivity contribution >= 4 is 34.8 Å². The summed E-state index contributed by atoms with van der Waals surface area (Å²) in [5, 5.41) is 6.09. The first-order valence-electron chi connectivity index (χ1n) is 11.5. The summed E-state index contributed by atoms with van der Waals surface area (Å²) in [4.78, 5) is 45.4. The van der Waals surface area contributed by atoms with Crippen molar-refractivity contribution in [1.29, 1.82) is 0 Å². The number of carbonyl (C=O) groups is 2. The highest BCUT2D eigenvalue weighted by atomic mass is 35.5. The minimum atomic E-state index is -0.315. The molecule has 0 radical (unpaired) electrons. The Hall–Kier alpha value is -3.65. The van der Waals surface area contributed by atoms with Gasteiger partial charge in [-0.3, -0.25) is 19.4 Å². The highest BCUT2D eigenvalue weighted by Crippen LogP contribution is 2.24.